The second-order valence-corrected chi connectivity index (χ2v) is 7.94. The van der Waals surface area contributed by atoms with Crippen molar-refractivity contribution < 1.29 is 9.18 Å². The zero-order valence-corrected chi connectivity index (χ0v) is 17.3. The van der Waals surface area contributed by atoms with Crippen LogP contribution in [0, 0.1) is 24.1 Å². The number of benzene rings is 1. The molecule has 0 bridgehead atoms. The number of aromatic nitrogens is 2. The quantitative estimate of drug-likeness (QED) is 0.558. The van der Waals surface area contributed by atoms with Crippen LogP contribution in [0.1, 0.15) is 46.5 Å². The highest BCUT2D eigenvalue weighted by Gasteiger charge is 2.17. The molecule has 1 amide bonds. The van der Waals surface area contributed by atoms with E-state index in [1.165, 1.54) is 27.3 Å². The third-order valence-corrected chi connectivity index (χ3v) is 5.96. The summed E-state index contributed by atoms with van der Waals surface area (Å²) in [4.78, 5) is 38.7. The third kappa shape index (κ3) is 4.66. The molecule has 3 rings (SSSR count). The predicted molar refractivity (Wildman–Crippen MR) is 112 cm³/mol. The minimum Gasteiger partial charge on any atom is -0.347 e. The van der Waals surface area contributed by atoms with E-state index in [2.05, 4.69) is 11.4 Å². The summed E-state index contributed by atoms with van der Waals surface area (Å²) in [5.41, 5.74) is 0.319. The maximum Gasteiger partial charge on any atom is 0.336 e. The number of aryl methyl sites for hydroxylation is 1. The van der Waals surface area contributed by atoms with Crippen LogP contribution < -0.4 is 16.6 Å². The Hall–Kier alpha value is -3.25. The van der Waals surface area contributed by atoms with Crippen LogP contribution in [-0.4, -0.2) is 14.9 Å². The first kappa shape index (κ1) is 21.5. The first-order chi connectivity index (χ1) is 14.4. The van der Waals surface area contributed by atoms with Crippen molar-refractivity contribution in [2.24, 2.45) is 0 Å². The number of carbonyl (C=O) groups excluding carboxylic acids is 1. The van der Waals surface area contributed by atoms with E-state index < -0.39 is 5.69 Å². The number of amides is 1. The average Bonchev–Trinajstić information content (AvgIpc) is 3.19. The zero-order chi connectivity index (χ0) is 21.7. The van der Waals surface area contributed by atoms with E-state index in [0.29, 0.717) is 28.1 Å². The van der Waals surface area contributed by atoms with Crippen molar-refractivity contribution >= 4 is 22.1 Å². The van der Waals surface area contributed by atoms with Crippen LogP contribution in [0.2, 0.25) is 0 Å². The molecule has 2 aromatic heterocycles. The van der Waals surface area contributed by atoms with Gasteiger partial charge in [-0.3, -0.25) is 18.6 Å². The fourth-order valence-electron chi connectivity index (χ4n) is 3.09. The summed E-state index contributed by atoms with van der Waals surface area (Å²) in [5, 5.41) is 11.3. The molecule has 0 aliphatic rings. The van der Waals surface area contributed by atoms with E-state index in [1.54, 1.807) is 19.1 Å². The number of rotatable bonds is 8. The average molecular weight is 428 g/mol. The monoisotopic (exact) mass is 428 g/mol. The minimum atomic E-state index is -0.477. The van der Waals surface area contributed by atoms with Gasteiger partial charge in [0.25, 0.3) is 11.5 Å². The Labute approximate surface area is 176 Å². The van der Waals surface area contributed by atoms with Crippen LogP contribution in [0.25, 0.3) is 4.83 Å². The molecule has 156 valence electrons. The van der Waals surface area contributed by atoms with Gasteiger partial charge in [0.1, 0.15) is 15.5 Å². The molecule has 0 spiro atoms. The van der Waals surface area contributed by atoms with Gasteiger partial charge in [0.15, 0.2) is 0 Å². The van der Waals surface area contributed by atoms with E-state index in [1.807, 2.05) is 0 Å². The van der Waals surface area contributed by atoms with Gasteiger partial charge in [0.05, 0.1) is 6.07 Å². The van der Waals surface area contributed by atoms with Gasteiger partial charge >= 0.3 is 5.69 Å². The number of unbranched alkanes of at least 4 members (excludes halogenated alkanes) is 3. The van der Waals surface area contributed by atoms with Gasteiger partial charge in [-0.25, -0.2) is 9.18 Å². The molecule has 3 aromatic rings. The molecule has 7 nitrogen and oxygen atoms in total. The van der Waals surface area contributed by atoms with Gasteiger partial charge in [-0.15, -0.1) is 11.3 Å². The topological polar surface area (TPSA) is 96.4 Å². The lowest BCUT2D eigenvalue weighted by atomic mass is 10.2. The summed E-state index contributed by atoms with van der Waals surface area (Å²) in [6.45, 7) is 2.13. The van der Waals surface area contributed by atoms with E-state index in [4.69, 9.17) is 5.26 Å². The summed E-state index contributed by atoms with van der Waals surface area (Å²) in [6.07, 6.45) is 4.00. The largest absolute Gasteiger partial charge is 0.347 e. The first-order valence-electron chi connectivity index (χ1n) is 9.57. The van der Waals surface area contributed by atoms with Gasteiger partial charge in [-0.1, -0.05) is 18.6 Å². The van der Waals surface area contributed by atoms with Crippen LogP contribution in [0.4, 0.5) is 4.39 Å². The standard InChI is InChI=1S/C21H21FN4O3S/c1-14-19(28)25(11-5-3-2-4-10-23)21(29)26-13-17(30-20(14)26)18(27)24-12-15-6-8-16(22)9-7-15/h6-9,13H,2-5,11-12H2,1H3,(H,24,27). The number of nitrogens with one attached hydrogen (secondary N) is 1. The van der Waals surface area contributed by atoms with E-state index in [0.717, 1.165) is 29.7 Å². The van der Waals surface area contributed by atoms with Gasteiger partial charge in [-0.2, -0.15) is 5.26 Å². The number of carbonyl (C=O) groups is 1. The predicted octanol–water partition coefficient (Wildman–Crippen LogP) is 2.98. The number of thiazole rings is 1. The highest BCUT2D eigenvalue weighted by atomic mass is 32.1. The fraction of sp³-hybridized carbons (Fsp3) is 0.333. The summed E-state index contributed by atoms with van der Waals surface area (Å²) in [7, 11) is 0. The normalized spacial score (nSPS) is 10.8. The molecule has 2 heterocycles. The Morgan fingerprint density at radius 2 is 1.93 bits per heavy atom. The maximum absolute atomic E-state index is 13.0. The van der Waals surface area contributed by atoms with Crippen LogP contribution in [0.15, 0.2) is 40.1 Å². The van der Waals surface area contributed by atoms with Crippen LogP contribution in [0.5, 0.6) is 0 Å². The Kier molecular flexibility index (Phi) is 6.79. The highest BCUT2D eigenvalue weighted by molar-refractivity contribution is 7.19. The molecule has 9 heteroatoms. The second kappa shape index (κ2) is 9.50. The van der Waals surface area contributed by atoms with E-state index >= 15 is 0 Å². The molecule has 0 atom stereocenters. The molecule has 30 heavy (non-hydrogen) atoms. The molecule has 1 N–H and O–H groups in total. The second-order valence-electron chi connectivity index (χ2n) is 6.91. The molecule has 0 unspecified atom stereocenters. The van der Waals surface area contributed by atoms with Crippen molar-refractivity contribution in [1.29, 1.82) is 5.26 Å². The Morgan fingerprint density at radius 3 is 2.63 bits per heavy atom. The molecule has 0 aliphatic carbocycles. The molecule has 0 saturated heterocycles. The van der Waals surface area contributed by atoms with Crippen molar-refractivity contribution in [1.82, 2.24) is 14.3 Å². The number of hydrogen-bond acceptors (Lipinski definition) is 5. The lowest BCUT2D eigenvalue weighted by Gasteiger charge is -2.06. The highest BCUT2D eigenvalue weighted by Crippen LogP contribution is 2.18. The summed E-state index contributed by atoms with van der Waals surface area (Å²) in [5.74, 6) is -0.724. The number of nitrogens with zero attached hydrogens (tertiary/aromatic N) is 3. The zero-order valence-electron chi connectivity index (χ0n) is 16.5. The van der Waals surface area contributed by atoms with Gasteiger partial charge in [0.2, 0.25) is 0 Å². The first-order valence-corrected chi connectivity index (χ1v) is 10.4. The van der Waals surface area contributed by atoms with E-state index in [-0.39, 0.29) is 30.4 Å². The molecule has 0 saturated carbocycles. The maximum atomic E-state index is 13.0. The lowest BCUT2D eigenvalue weighted by molar-refractivity contribution is 0.0954. The van der Waals surface area contributed by atoms with Crippen molar-refractivity contribution in [3.8, 4) is 6.07 Å². The van der Waals surface area contributed by atoms with Crippen molar-refractivity contribution in [3.63, 3.8) is 0 Å². The Balaban J connectivity index is 1.80. The number of nitriles is 1. The molecular weight excluding hydrogens is 407 g/mol. The SMILES string of the molecule is Cc1c(=O)n(CCCCCC#N)c(=O)n2cc(C(=O)NCc3ccc(F)cc3)sc12. The third-order valence-electron chi connectivity index (χ3n) is 4.76. The lowest BCUT2D eigenvalue weighted by Crippen LogP contribution is -2.38. The Bertz CT molecular complexity index is 1220. The Morgan fingerprint density at radius 1 is 1.20 bits per heavy atom. The smallest absolute Gasteiger partial charge is 0.336 e. The minimum absolute atomic E-state index is 0.219. The molecule has 0 aliphatic heterocycles. The van der Waals surface area contributed by atoms with Crippen molar-refractivity contribution in [2.45, 2.75) is 45.7 Å². The van der Waals surface area contributed by atoms with Crippen LogP contribution in [-0.2, 0) is 13.1 Å². The molecule has 0 radical (unpaired) electrons. The van der Waals surface area contributed by atoms with Crippen LogP contribution >= 0.6 is 11.3 Å². The fourth-order valence-corrected chi connectivity index (χ4v) is 4.09. The van der Waals surface area contributed by atoms with Gasteiger partial charge in [0, 0.05) is 31.3 Å². The number of fused-ring (bicyclic) bond motifs is 1. The van der Waals surface area contributed by atoms with Gasteiger partial charge < -0.3 is 5.32 Å². The summed E-state index contributed by atoms with van der Waals surface area (Å²) in [6, 6.07) is 7.87. The van der Waals surface area contributed by atoms with Crippen LogP contribution in [0.3, 0.4) is 0 Å². The van der Waals surface area contributed by atoms with Crippen molar-refractivity contribution in [2.75, 3.05) is 0 Å². The summed E-state index contributed by atoms with van der Waals surface area (Å²) >= 11 is 1.08. The van der Waals surface area contributed by atoms with Gasteiger partial charge in [-0.05, 0) is 37.5 Å². The number of halogens is 1. The molecular formula is C21H21FN4O3S. The molecule has 1 aromatic carbocycles. The van der Waals surface area contributed by atoms with E-state index in [9.17, 15) is 18.8 Å². The number of hydrogen-bond donors (Lipinski definition) is 1. The summed E-state index contributed by atoms with van der Waals surface area (Å²) < 4.78 is 15.5. The van der Waals surface area contributed by atoms with Crippen molar-refractivity contribution in [3.05, 3.63) is 73.1 Å². The molecule has 0 fully saturated rings.